The van der Waals surface area contributed by atoms with Crippen molar-refractivity contribution in [2.24, 2.45) is 5.92 Å². The van der Waals surface area contributed by atoms with E-state index in [0.29, 0.717) is 6.42 Å². The minimum atomic E-state index is -0.775. The molecule has 1 atom stereocenters. The number of hydrogen-bond acceptors (Lipinski definition) is 2. The van der Waals surface area contributed by atoms with Crippen LogP contribution in [0.5, 0.6) is 0 Å². The summed E-state index contributed by atoms with van der Waals surface area (Å²) >= 11 is 0. The van der Waals surface area contributed by atoms with Gasteiger partial charge >= 0.3 is 5.97 Å². The largest absolute Gasteiger partial charge is 0.481 e. The minimum Gasteiger partial charge on any atom is -0.481 e. The van der Waals surface area contributed by atoms with Gasteiger partial charge in [0.2, 0.25) is 0 Å². The van der Waals surface area contributed by atoms with Gasteiger partial charge in [0, 0.05) is 12.3 Å². The van der Waals surface area contributed by atoms with Crippen LogP contribution in [0, 0.1) is 5.92 Å². The molecule has 1 unspecified atom stereocenters. The molecular weight excluding hydrogens is 180 g/mol. The lowest BCUT2D eigenvalue weighted by molar-refractivity contribution is -0.137. The van der Waals surface area contributed by atoms with Crippen LogP contribution in [0.15, 0.2) is 0 Å². The number of carbonyl (C=O) groups excluding carboxylic acids is 1. The lowest BCUT2D eigenvalue weighted by Gasteiger charge is -2.08. The highest BCUT2D eigenvalue weighted by molar-refractivity contribution is 5.66. The molecule has 0 saturated heterocycles. The van der Waals surface area contributed by atoms with Gasteiger partial charge in [0.25, 0.3) is 0 Å². The maximum Gasteiger partial charge on any atom is 0.303 e. The zero-order valence-electron chi connectivity index (χ0n) is 8.87. The third-order valence-electron chi connectivity index (χ3n) is 2.34. The van der Waals surface area contributed by atoms with Gasteiger partial charge in [0.1, 0.15) is 6.29 Å². The molecule has 0 radical (unpaired) electrons. The number of unbranched alkanes of at least 4 members (excludes halogenated alkanes) is 2. The van der Waals surface area contributed by atoms with Crippen LogP contribution in [0.3, 0.4) is 0 Å². The third kappa shape index (κ3) is 7.77. The van der Waals surface area contributed by atoms with Gasteiger partial charge in [-0.25, -0.2) is 0 Å². The van der Waals surface area contributed by atoms with Crippen molar-refractivity contribution in [3.8, 4) is 0 Å². The predicted molar refractivity (Wildman–Crippen MR) is 55.2 cm³/mol. The quantitative estimate of drug-likeness (QED) is 0.460. The lowest BCUT2D eigenvalue weighted by Crippen LogP contribution is -2.04. The molecule has 3 heteroatoms. The molecule has 0 fully saturated rings. The van der Waals surface area contributed by atoms with Crippen molar-refractivity contribution in [2.45, 2.75) is 51.9 Å². The van der Waals surface area contributed by atoms with Gasteiger partial charge in [-0.05, 0) is 19.3 Å². The van der Waals surface area contributed by atoms with Crippen molar-refractivity contribution >= 4 is 12.3 Å². The summed E-state index contributed by atoms with van der Waals surface area (Å²) in [7, 11) is 0. The van der Waals surface area contributed by atoms with Gasteiger partial charge in [-0.1, -0.05) is 26.2 Å². The van der Waals surface area contributed by atoms with Crippen molar-refractivity contribution in [3.05, 3.63) is 0 Å². The number of carbonyl (C=O) groups is 2. The molecule has 0 heterocycles. The van der Waals surface area contributed by atoms with Crippen molar-refractivity contribution < 1.29 is 14.7 Å². The Morgan fingerprint density at radius 2 is 1.93 bits per heavy atom. The molecule has 0 aromatic rings. The molecule has 0 spiro atoms. The van der Waals surface area contributed by atoms with E-state index in [1.165, 1.54) is 0 Å². The Kier molecular flexibility index (Phi) is 8.19. The van der Waals surface area contributed by atoms with Gasteiger partial charge in [-0.2, -0.15) is 0 Å². The summed E-state index contributed by atoms with van der Waals surface area (Å²) in [6.45, 7) is 2.13. The highest BCUT2D eigenvalue weighted by atomic mass is 16.4. The van der Waals surface area contributed by atoms with Crippen LogP contribution in [-0.2, 0) is 9.59 Å². The maximum atomic E-state index is 10.6. The molecular formula is C11H20O3. The zero-order valence-corrected chi connectivity index (χ0v) is 8.87. The monoisotopic (exact) mass is 200 g/mol. The fourth-order valence-corrected chi connectivity index (χ4v) is 1.45. The molecule has 0 aliphatic carbocycles. The molecule has 1 N–H and O–H groups in total. The Labute approximate surface area is 85.5 Å². The van der Waals surface area contributed by atoms with Crippen molar-refractivity contribution in [3.63, 3.8) is 0 Å². The summed E-state index contributed by atoms with van der Waals surface area (Å²) in [6, 6.07) is 0. The second kappa shape index (κ2) is 8.73. The van der Waals surface area contributed by atoms with E-state index >= 15 is 0 Å². The van der Waals surface area contributed by atoms with E-state index in [0.717, 1.165) is 38.4 Å². The molecule has 0 aromatic heterocycles. The van der Waals surface area contributed by atoms with Crippen LogP contribution in [0.25, 0.3) is 0 Å². The molecule has 0 aromatic carbocycles. The van der Waals surface area contributed by atoms with Crippen LogP contribution in [0.1, 0.15) is 51.9 Å². The first kappa shape index (κ1) is 13.1. The fraction of sp³-hybridized carbons (Fsp3) is 0.818. The van der Waals surface area contributed by atoms with Gasteiger partial charge in [-0.3, -0.25) is 4.79 Å². The summed E-state index contributed by atoms with van der Waals surface area (Å²) in [5.74, 6) is -0.705. The fourth-order valence-electron chi connectivity index (χ4n) is 1.45. The first-order valence-electron chi connectivity index (χ1n) is 5.37. The summed E-state index contributed by atoms with van der Waals surface area (Å²) in [6.07, 6.45) is 6.79. The predicted octanol–water partition coefficient (Wildman–Crippen LogP) is 2.64. The van der Waals surface area contributed by atoms with Crippen LogP contribution >= 0.6 is 0 Å². The van der Waals surface area contributed by atoms with E-state index in [1.807, 2.05) is 0 Å². The number of carboxylic acids is 1. The molecule has 14 heavy (non-hydrogen) atoms. The number of aliphatic carboxylic acids is 1. The SMILES string of the molecule is CCCCCC(C=O)CCCC(=O)O. The van der Waals surface area contributed by atoms with E-state index in [4.69, 9.17) is 5.11 Å². The number of aldehydes is 1. The summed E-state index contributed by atoms with van der Waals surface area (Å²) in [4.78, 5) is 20.9. The molecule has 0 rings (SSSR count). The summed E-state index contributed by atoms with van der Waals surface area (Å²) in [5, 5.41) is 8.42. The smallest absolute Gasteiger partial charge is 0.303 e. The molecule has 0 amide bonds. The highest BCUT2D eigenvalue weighted by Gasteiger charge is 2.07. The van der Waals surface area contributed by atoms with Gasteiger partial charge < -0.3 is 9.90 Å². The van der Waals surface area contributed by atoms with Gasteiger partial charge in [0.05, 0.1) is 0 Å². The zero-order chi connectivity index (χ0) is 10.8. The second-order valence-corrected chi connectivity index (χ2v) is 3.68. The van der Waals surface area contributed by atoms with E-state index in [-0.39, 0.29) is 12.3 Å². The Morgan fingerprint density at radius 3 is 2.43 bits per heavy atom. The average Bonchev–Trinajstić information content (AvgIpc) is 2.15. The molecule has 0 aliphatic heterocycles. The third-order valence-corrected chi connectivity index (χ3v) is 2.34. The standard InChI is InChI=1S/C11H20O3/c1-2-3-4-6-10(9-12)7-5-8-11(13)14/h9-10H,2-8H2,1H3,(H,13,14). The van der Waals surface area contributed by atoms with E-state index in [2.05, 4.69) is 6.92 Å². The highest BCUT2D eigenvalue weighted by Crippen LogP contribution is 2.14. The number of hydrogen-bond donors (Lipinski definition) is 1. The number of carboxylic acid groups (broad SMARTS) is 1. The van der Waals surface area contributed by atoms with E-state index < -0.39 is 5.97 Å². The second-order valence-electron chi connectivity index (χ2n) is 3.68. The normalized spacial score (nSPS) is 12.4. The van der Waals surface area contributed by atoms with Crippen molar-refractivity contribution in [1.29, 1.82) is 0 Å². The van der Waals surface area contributed by atoms with Crippen LogP contribution in [-0.4, -0.2) is 17.4 Å². The molecule has 0 aliphatic rings. The van der Waals surface area contributed by atoms with Crippen molar-refractivity contribution in [2.75, 3.05) is 0 Å². The molecule has 0 bridgehead atoms. The van der Waals surface area contributed by atoms with E-state index in [9.17, 15) is 9.59 Å². The van der Waals surface area contributed by atoms with E-state index in [1.54, 1.807) is 0 Å². The first-order valence-corrected chi connectivity index (χ1v) is 5.37. The Bertz CT molecular complexity index is 166. The number of rotatable bonds is 9. The Morgan fingerprint density at radius 1 is 1.29 bits per heavy atom. The van der Waals surface area contributed by atoms with Gasteiger partial charge in [-0.15, -0.1) is 0 Å². The van der Waals surface area contributed by atoms with Gasteiger partial charge in [0.15, 0.2) is 0 Å². The lowest BCUT2D eigenvalue weighted by atomic mass is 9.97. The first-order chi connectivity index (χ1) is 6.70. The average molecular weight is 200 g/mol. The van der Waals surface area contributed by atoms with Crippen LogP contribution in [0.2, 0.25) is 0 Å². The van der Waals surface area contributed by atoms with Crippen LogP contribution in [0.4, 0.5) is 0 Å². The topological polar surface area (TPSA) is 54.4 Å². The molecule has 3 nitrogen and oxygen atoms in total. The summed E-state index contributed by atoms with van der Waals surface area (Å²) < 4.78 is 0. The molecule has 82 valence electrons. The molecule has 0 saturated carbocycles. The van der Waals surface area contributed by atoms with Crippen LogP contribution < -0.4 is 0 Å². The Hall–Kier alpha value is -0.860. The Balaban J connectivity index is 3.47. The summed E-state index contributed by atoms with van der Waals surface area (Å²) in [5.41, 5.74) is 0. The minimum absolute atomic E-state index is 0.0703. The maximum absolute atomic E-state index is 10.6. The van der Waals surface area contributed by atoms with Crippen molar-refractivity contribution in [1.82, 2.24) is 0 Å².